The Balaban J connectivity index is 1.94. The summed E-state index contributed by atoms with van der Waals surface area (Å²) < 4.78 is 26.3. The van der Waals surface area contributed by atoms with Crippen LogP contribution in [0.2, 0.25) is 0 Å². The van der Waals surface area contributed by atoms with Crippen LogP contribution in [-0.2, 0) is 12.3 Å². The summed E-state index contributed by atoms with van der Waals surface area (Å²) >= 11 is 0. The Morgan fingerprint density at radius 3 is 2.37 bits per heavy atom. The molecule has 0 atom stereocenters. The fourth-order valence-corrected chi connectivity index (χ4v) is 2.44. The van der Waals surface area contributed by atoms with Gasteiger partial charge in [-0.15, -0.1) is 0 Å². The minimum atomic E-state index is -2.78. The highest BCUT2D eigenvalue weighted by Crippen LogP contribution is 2.31. The van der Waals surface area contributed by atoms with E-state index in [1.54, 1.807) is 12.1 Å². The zero-order chi connectivity index (χ0) is 13.5. The van der Waals surface area contributed by atoms with E-state index in [-0.39, 0.29) is 5.56 Å². The van der Waals surface area contributed by atoms with Gasteiger partial charge in [-0.25, -0.2) is 8.78 Å². The predicted octanol–water partition coefficient (Wildman–Crippen LogP) is 4.43. The Labute approximate surface area is 111 Å². The first kappa shape index (κ1) is 12.2. The summed E-state index contributed by atoms with van der Waals surface area (Å²) in [7, 11) is 0. The van der Waals surface area contributed by atoms with Crippen LogP contribution in [0, 0.1) is 0 Å². The summed E-state index contributed by atoms with van der Waals surface area (Å²) in [5, 5.41) is 3.31. The van der Waals surface area contributed by atoms with Crippen molar-refractivity contribution in [1.29, 1.82) is 0 Å². The van der Waals surface area contributed by atoms with Gasteiger partial charge in [-0.05, 0) is 35.2 Å². The van der Waals surface area contributed by atoms with E-state index in [0.717, 1.165) is 31.0 Å². The lowest BCUT2D eigenvalue weighted by atomic mass is 9.99. The third-order valence-electron chi connectivity index (χ3n) is 3.54. The van der Waals surface area contributed by atoms with E-state index < -0.39 is 5.92 Å². The Hall–Kier alpha value is -1.90. The van der Waals surface area contributed by atoms with Crippen LogP contribution in [0.25, 0.3) is 11.1 Å². The number of halogens is 2. The molecule has 0 aromatic heterocycles. The number of anilines is 1. The first-order valence-corrected chi connectivity index (χ1v) is 6.39. The molecule has 1 aliphatic heterocycles. The molecule has 0 spiro atoms. The van der Waals surface area contributed by atoms with Crippen molar-refractivity contribution in [3.63, 3.8) is 0 Å². The number of alkyl halides is 2. The maximum Gasteiger partial charge on any atom is 0.270 e. The maximum absolute atomic E-state index is 13.2. The van der Waals surface area contributed by atoms with E-state index in [0.29, 0.717) is 0 Å². The number of benzene rings is 2. The van der Waals surface area contributed by atoms with Gasteiger partial charge in [0, 0.05) is 24.7 Å². The molecule has 1 aliphatic rings. The van der Waals surface area contributed by atoms with Crippen LogP contribution >= 0.6 is 0 Å². The zero-order valence-electron chi connectivity index (χ0n) is 10.7. The quantitative estimate of drug-likeness (QED) is 0.841. The molecular weight excluding hydrogens is 244 g/mol. The van der Waals surface area contributed by atoms with Crippen molar-refractivity contribution < 1.29 is 8.78 Å². The summed E-state index contributed by atoms with van der Waals surface area (Å²) in [6.45, 7) is 1.89. The molecule has 2 aromatic rings. The molecule has 0 saturated heterocycles. The average molecular weight is 259 g/mol. The lowest BCUT2D eigenvalue weighted by molar-refractivity contribution is 0.0175. The van der Waals surface area contributed by atoms with Crippen LogP contribution in [0.5, 0.6) is 0 Å². The predicted molar refractivity (Wildman–Crippen MR) is 73.6 cm³/mol. The Morgan fingerprint density at radius 2 is 1.68 bits per heavy atom. The van der Waals surface area contributed by atoms with Crippen LogP contribution in [0.4, 0.5) is 14.5 Å². The fraction of sp³-hybridized carbons (Fsp3) is 0.250. The third kappa shape index (κ3) is 2.33. The van der Waals surface area contributed by atoms with Gasteiger partial charge in [-0.2, -0.15) is 0 Å². The summed E-state index contributed by atoms with van der Waals surface area (Å²) in [4.78, 5) is 0. The van der Waals surface area contributed by atoms with Crippen LogP contribution in [0.1, 0.15) is 18.1 Å². The highest BCUT2D eigenvalue weighted by molar-refractivity contribution is 5.70. The van der Waals surface area contributed by atoms with Crippen molar-refractivity contribution in [2.24, 2.45) is 0 Å². The molecule has 3 heteroatoms. The first-order valence-electron chi connectivity index (χ1n) is 6.39. The topological polar surface area (TPSA) is 12.0 Å². The number of nitrogens with one attached hydrogen (secondary N) is 1. The fourth-order valence-electron chi connectivity index (χ4n) is 2.44. The largest absolute Gasteiger partial charge is 0.384 e. The van der Waals surface area contributed by atoms with Crippen molar-refractivity contribution in [3.8, 4) is 11.1 Å². The molecular formula is C16H15F2N. The van der Waals surface area contributed by atoms with E-state index in [4.69, 9.17) is 0 Å². The van der Waals surface area contributed by atoms with Crippen LogP contribution in [-0.4, -0.2) is 6.54 Å². The maximum atomic E-state index is 13.2. The van der Waals surface area contributed by atoms with Crippen molar-refractivity contribution in [3.05, 3.63) is 53.6 Å². The second kappa shape index (κ2) is 4.34. The molecule has 0 fully saturated rings. The number of hydrogen-bond acceptors (Lipinski definition) is 1. The first-order chi connectivity index (χ1) is 9.04. The van der Waals surface area contributed by atoms with Gasteiger partial charge in [0.05, 0.1) is 0 Å². The van der Waals surface area contributed by atoms with Gasteiger partial charge >= 0.3 is 0 Å². The van der Waals surface area contributed by atoms with E-state index in [2.05, 4.69) is 17.4 Å². The highest BCUT2D eigenvalue weighted by atomic mass is 19.3. The molecule has 1 N–H and O–H groups in total. The van der Waals surface area contributed by atoms with Crippen LogP contribution in [0.15, 0.2) is 42.5 Å². The SMILES string of the molecule is CC(F)(F)c1ccc(-c2ccc3c(c2)CCN3)cc1. The van der Waals surface area contributed by atoms with Crippen LogP contribution in [0.3, 0.4) is 0 Å². The number of fused-ring (bicyclic) bond motifs is 1. The standard InChI is InChI=1S/C16H15F2N/c1-16(17,18)14-5-2-11(3-6-14)12-4-7-15-13(10-12)8-9-19-15/h2-7,10,19H,8-9H2,1H3. The second-order valence-electron chi connectivity index (χ2n) is 5.01. The zero-order valence-corrected chi connectivity index (χ0v) is 10.7. The summed E-state index contributed by atoms with van der Waals surface area (Å²) in [6, 6.07) is 12.7. The molecule has 2 aromatic carbocycles. The molecule has 19 heavy (non-hydrogen) atoms. The lowest BCUT2D eigenvalue weighted by Crippen LogP contribution is -2.06. The summed E-state index contributed by atoms with van der Waals surface area (Å²) in [5.41, 5.74) is 4.58. The molecule has 1 heterocycles. The average Bonchev–Trinajstić information content (AvgIpc) is 2.85. The molecule has 0 saturated carbocycles. The minimum absolute atomic E-state index is 0.0547. The molecule has 0 unspecified atom stereocenters. The van der Waals surface area contributed by atoms with E-state index in [1.807, 2.05) is 6.07 Å². The Bertz CT molecular complexity index is 597. The lowest BCUT2D eigenvalue weighted by Gasteiger charge is -2.11. The molecule has 98 valence electrons. The smallest absolute Gasteiger partial charge is 0.270 e. The van der Waals surface area contributed by atoms with E-state index in [1.165, 1.54) is 23.4 Å². The summed E-state index contributed by atoms with van der Waals surface area (Å²) in [6.07, 6.45) is 1.02. The third-order valence-corrected chi connectivity index (χ3v) is 3.54. The van der Waals surface area contributed by atoms with Gasteiger partial charge in [-0.3, -0.25) is 0 Å². The molecule has 0 bridgehead atoms. The normalized spacial score (nSPS) is 14.1. The molecule has 0 radical (unpaired) electrons. The molecule has 0 amide bonds. The molecule has 3 rings (SSSR count). The number of rotatable bonds is 2. The van der Waals surface area contributed by atoms with Crippen molar-refractivity contribution in [1.82, 2.24) is 0 Å². The van der Waals surface area contributed by atoms with Gasteiger partial charge in [0.15, 0.2) is 0 Å². The van der Waals surface area contributed by atoms with Gasteiger partial charge in [0.1, 0.15) is 0 Å². The van der Waals surface area contributed by atoms with Crippen LogP contribution < -0.4 is 5.32 Å². The van der Waals surface area contributed by atoms with Crippen molar-refractivity contribution in [2.45, 2.75) is 19.3 Å². The van der Waals surface area contributed by atoms with Gasteiger partial charge in [0.2, 0.25) is 0 Å². The van der Waals surface area contributed by atoms with E-state index >= 15 is 0 Å². The van der Waals surface area contributed by atoms with E-state index in [9.17, 15) is 8.78 Å². The van der Waals surface area contributed by atoms with Gasteiger partial charge in [-0.1, -0.05) is 30.3 Å². The molecule has 1 nitrogen and oxygen atoms in total. The monoisotopic (exact) mass is 259 g/mol. The minimum Gasteiger partial charge on any atom is -0.384 e. The highest BCUT2D eigenvalue weighted by Gasteiger charge is 2.23. The second-order valence-corrected chi connectivity index (χ2v) is 5.01. The molecule has 0 aliphatic carbocycles. The number of hydrogen-bond donors (Lipinski definition) is 1. The summed E-state index contributed by atoms with van der Waals surface area (Å²) in [5.74, 6) is -2.78. The Morgan fingerprint density at radius 1 is 1.00 bits per heavy atom. The van der Waals surface area contributed by atoms with Crippen molar-refractivity contribution in [2.75, 3.05) is 11.9 Å². The van der Waals surface area contributed by atoms with Crippen molar-refractivity contribution >= 4 is 5.69 Å². The van der Waals surface area contributed by atoms with Gasteiger partial charge < -0.3 is 5.32 Å². The Kier molecular flexibility index (Phi) is 2.77. The van der Waals surface area contributed by atoms with Gasteiger partial charge in [0.25, 0.3) is 5.92 Å².